The third-order valence-corrected chi connectivity index (χ3v) is 15.7. The second kappa shape index (κ2) is 15.3. The summed E-state index contributed by atoms with van der Waals surface area (Å²) in [5, 5.41) is 14.9. The summed E-state index contributed by atoms with van der Waals surface area (Å²) in [6.07, 6.45) is 0. The summed E-state index contributed by atoms with van der Waals surface area (Å²) in [6, 6.07) is 88.9. The number of anilines is 3. The first-order chi connectivity index (χ1) is 34.7. The van der Waals surface area contributed by atoms with Gasteiger partial charge in [-0.1, -0.05) is 146 Å². The van der Waals surface area contributed by atoms with Crippen LogP contribution in [-0.4, -0.2) is 4.57 Å². The van der Waals surface area contributed by atoms with Crippen molar-refractivity contribution in [1.29, 1.82) is 0 Å². The molecule has 0 bridgehead atoms. The van der Waals surface area contributed by atoms with Crippen LogP contribution >= 0.6 is 11.3 Å². The number of thiophene rings is 1. The maximum absolute atomic E-state index is 6.37. The lowest BCUT2D eigenvalue weighted by Gasteiger charge is -2.26. The van der Waals surface area contributed by atoms with Crippen molar-refractivity contribution in [2.75, 3.05) is 4.90 Å². The molecule has 0 atom stereocenters. The second-order valence-corrected chi connectivity index (χ2v) is 19.5. The van der Waals surface area contributed by atoms with E-state index >= 15 is 0 Å². The highest BCUT2D eigenvalue weighted by molar-refractivity contribution is 7.25. The molecule has 15 rings (SSSR count). The first kappa shape index (κ1) is 39.1. The molecule has 0 saturated carbocycles. The van der Waals surface area contributed by atoms with Gasteiger partial charge in [0.05, 0.1) is 22.1 Å². The maximum atomic E-state index is 6.37. The highest BCUT2D eigenvalue weighted by Gasteiger charge is 2.21. The van der Waals surface area contributed by atoms with Gasteiger partial charge in [-0.3, -0.25) is 0 Å². The molecule has 3 heterocycles. The number of hydrogen-bond acceptors (Lipinski definition) is 3. The molecule has 0 aliphatic carbocycles. The van der Waals surface area contributed by atoms with Crippen LogP contribution in [0.4, 0.5) is 17.1 Å². The van der Waals surface area contributed by atoms with Crippen molar-refractivity contribution in [3.05, 3.63) is 243 Å². The number of benzene rings is 12. The normalized spacial score (nSPS) is 12.0. The summed E-state index contributed by atoms with van der Waals surface area (Å²) in [5.74, 6) is 0. The molecule has 0 spiro atoms. The molecule has 326 valence electrons. The predicted octanol–water partition coefficient (Wildman–Crippen LogP) is 19.3. The number of aromatic nitrogens is 1. The molecule has 15 aromatic rings. The van der Waals surface area contributed by atoms with E-state index < -0.39 is 0 Å². The Bertz CT molecular complexity index is 4560. The van der Waals surface area contributed by atoms with Gasteiger partial charge < -0.3 is 13.9 Å². The van der Waals surface area contributed by atoms with Gasteiger partial charge in [-0.2, -0.15) is 0 Å². The Morgan fingerprint density at radius 2 is 0.829 bits per heavy atom. The van der Waals surface area contributed by atoms with E-state index in [1.165, 1.54) is 91.0 Å². The van der Waals surface area contributed by atoms with Crippen LogP contribution in [0.3, 0.4) is 0 Å². The summed E-state index contributed by atoms with van der Waals surface area (Å²) in [5.41, 5.74) is 13.2. The quantitative estimate of drug-likeness (QED) is 0.155. The summed E-state index contributed by atoms with van der Waals surface area (Å²) < 4.78 is 11.5. The van der Waals surface area contributed by atoms with Gasteiger partial charge in [0.1, 0.15) is 11.2 Å². The van der Waals surface area contributed by atoms with E-state index in [9.17, 15) is 0 Å². The first-order valence-electron chi connectivity index (χ1n) is 23.9. The molecular weight excluding hydrogens is 869 g/mol. The van der Waals surface area contributed by atoms with Gasteiger partial charge >= 0.3 is 0 Å². The molecule has 70 heavy (non-hydrogen) atoms. The lowest BCUT2D eigenvalue weighted by molar-refractivity contribution is 0.669. The standard InChI is InChI=1S/C66H40N2OS/c1-2-13-45(14-3-1)67(61-21-12-23-63-66(61)54-20-8-10-22-62(54)69-63)46-30-25-41(26-31-46)42-27-34-59-56(37-42)57-38-43(44-29-36-65-58(39-44)53-19-9-11-24-64(53)70-65)28-35-60(57)68(59)47-32-33-52-50-17-5-4-15-48(50)49-16-6-7-18-51(49)55(52)40-47/h1-40H. The van der Waals surface area contributed by atoms with Gasteiger partial charge in [0.15, 0.2) is 0 Å². The Morgan fingerprint density at radius 1 is 0.314 bits per heavy atom. The second-order valence-electron chi connectivity index (χ2n) is 18.4. The number of fused-ring (bicyclic) bond motifs is 15. The third kappa shape index (κ3) is 5.94. The van der Waals surface area contributed by atoms with Crippen molar-refractivity contribution in [1.82, 2.24) is 4.57 Å². The smallest absolute Gasteiger partial charge is 0.137 e. The number of hydrogen-bond donors (Lipinski definition) is 0. The van der Waals surface area contributed by atoms with Crippen LogP contribution < -0.4 is 4.90 Å². The van der Waals surface area contributed by atoms with Gasteiger partial charge in [0.25, 0.3) is 0 Å². The predicted molar refractivity (Wildman–Crippen MR) is 299 cm³/mol. The molecule has 0 fully saturated rings. The number of furan rings is 1. The summed E-state index contributed by atoms with van der Waals surface area (Å²) in [6.45, 7) is 0. The lowest BCUT2D eigenvalue weighted by Crippen LogP contribution is -2.10. The third-order valence-electron chi connectivity index (χ3n) is 14.6. The topological polar surface area (TPSA) is 21.3 Å². The van der Waals surface area contributed by atoms with Gasteiger partial charge in [-0.05, 0) is 152 Å². The van der Waals surface area contributed by atoms with E-state index in [0.717, 1.165) is 50.3 Å². The number of rotatable bonds is 6. The van der Waals surface area contributed by atoms with Crippen LogP contribution in [-0.2, 0) is 0 Å². The average molecular weight is 909 g/mol. The molecule has 0 N–H and O–H groups in total. The SMILES string of the molecule is c1ccc(N(c2ccc(-c3ccc4c(c3)c3cc(-c5ccc6sc7ccccc7c6c5)ccc3n4-c3ccc4c5ccccc5c5ccccc5c4c3)cc2)c2cccc3oc4ccccc4c23)cc1. The van der Waals surface area contributed by atoms with Gasteiger partial charge in [0, 0.05) is 53.4 Å². The lowest BCUT2D eigenvalue weighted by atomic mass is 9.94. The van der Waals surface area contributed by atoms with Gasteiger partial charge in [-0.25, -0.2) is 0 Å². The van der Waals surface area contributed by atoms with E-state index in [0.29, 0.717) is 0 Å². The molecule has 3 aromatic heterocycles. The minimum atomic E-state index is 0.873. The number of nitrogens with zero attached hydrogens (tertiary/aromatic N) is 2. The molecular formula is C66H40N2OS. The minimum Gasteiger partial charge on any atom is -0.456 e. The molecule has 0 aliphatic rings. The molecule has 0 unspecified atom stereocenters. The first-order valence-corrected chi connectivity index (χ1v) is 24.7. The minimum absolute atomic E-state index is 0.873. The fraction of sp³-hybridized carbons (Fsp3) is 0. The monoisotopic (exact) mass is 908 g/mol. The zero-order chi connectivity index (χ0) is 45.9. The van der Waals surface area contributed by atoms with Crippen LogP contribution in [0.25, 0.3) is 124 Å². The van der Waals surface area contributed by atoms with Crippen molar-refractivity contribution in [3.63, 3.8) is 0 Å². The Morgan fingerprint density at radius 3 is 1.54 bits per heavy atom. The summed E-state index contributed by atoms with van der Waals surface area (Å²) in [4.78, 5) is 2.35. The van der Waals surface area contributed by atoms with Crippen molar-refractivity contribution < 1.29 is 4.42 Å². The zero-order valence-corrected chi connectivity index (χ0v) is 38.6. The Hall–Kier alpha value is -8.96. The largest absolute Gasteiger partial charge is 0.456 e. The van der Waals surface area contributed by atoms with Crippen LogP contribution in [0, 0.1) is 0 Å². The molecule has 0 aliphatic heterocycles. The highest BCUT2D eigenvalue weighted by Crippen LogP contribution is 2.45. The molecule has 3 nitrogen and oxygen atoms in total. The highest BCUT2D eigenvalue weighted by atomic mass is 32.1. The Labute approximate surface area is 406 Å². The van der Waals surface area contributed by atoms with E-state index in [1.807, 2.05) is 23.5 Å². The van der Waals surface area contributed by atoms with E-state index in [1.54, 1.807) is 0 Å². The number of para-hydroxylation sites is 2. The van der Waals surface area contributed by atoms with Crippen LogP contribution in [0.15, 0.2) is 247 Å². The average Bonchev–Trinajstić information content (AvgIpc) is 4.11. The Balaban J connectivity index is 0.910. The van der Waals surface area contributed by atoms with E-state index in [2.05, 4.69) is 240 Å². The molecule has 4 heteroatoms. The van der Waals surface area contributed by atoms with Crippen LogP contribution in [0.5, 0.6) is 0 Å². The molecule has 0 saturated heterocycles. The van der Waals surface area contributed by atoms with Crippen LogP contribution in [0.2, 0.25) is 0 Å². The zero-order valence-electron chi connectivity index (χ0n) is 37.8. The van der Waals surface area contributed by atoms with Crippen LogP contribution in [0.1, 0.15) is 0 Å². The fourth-order valence-electron chi connectivity index (χ4n) is 11.4. The summed E-state index contributed by atoms with van der Waals surface area (Å²) in [7, 11) is 0. The van der Waals surface area contributed by atoms with Crippen molar-refractivity contribution >= 4 is 125 Å². The maximum Gasteiger partial charge on any atom is 0.137 e. The van der Waals surface area contributed by atoms with Gasteiger partial charge in [-0.15, -0.1) is 11.3 Å². The van der Waals surface area contributed by atoms with Gasteiger partial charge in [0.2, 0.25) is 0 Å². The van der Waals surface area contributed by atoms with E-state index in [4.69, 9.17) is 4.42 Å². The molecule has 0 radical (unpaired) electrons. The summed E-state index contributed by atoms with van der Waals surface area (Å²) >= 11 is 1.86. The fourth-order valence-corrected chi connectivity index (χ4v) is 12.4. The van der Waals surface area contributed by atoms with Crippen molar-refractivity contribution in [2.24, 2.45) is 0 Å². The Kier molecular flexibility index (Phi) is 8.53. The molecule has 0 amide bonds. The van der Waals surface area contributed by atoms with Crippen molar-refractivity contribution in [3.8, 4) is 27.9 Å². The molecule has 12 aromatic carbocycles. The van der Waals surface area contributed by atoms with Crippen molar-refractivity contribution in [2.45, 2.75) is 0 Å². The van der Waals surface area contributed by atoms with E-state index in [-0.39, 0.29) is 0 Å².